The molecule has 1 aromatic rings. The third kappa shape index (κ3) is 3.24. The molecular formula is C14H23NO. The van der Waals surface area contributed by atoms with Crippen LogP contribution < -0.4 is 10.1 Å². The van der Waals surface area contributed by atoms with Crippen LogP contribution in [-0.4, -0.2) is 19.2 Å². The molecule has 2 nitrogen and oxygen atoms in total. The van der Waals surface area contributed by atoms with Crippen molar-refractivity contribution in [3.63, 3.8) is 0 Å². The Balaban J connectivity index is 2.82. The lowest BCUT2D eigenvalue weighted by atomic mass is 9.93. The molecule has 0 bridgehead atoms. The number of methoxy groups -OCH3 is 1. The molecule has 16 heavy (non-hydrogen) atoms. The number of ether oxygens (including phenoxy) is 1. The van der Waals surface area contributed by atoms with Gasteiger partial charge in [0.1, 0.15) is 5.75 Å². The van der Waals surface area contributed by atoms with Crippen molar-refractivity contribution in [1.29, 1.82) is 0 Å². The van der Waals surface area contributed by atoms with Crippen LogP contribution in [0.25, 0.3) is 0 Å². The largest absolute Gasteiger partial charge is 0.496 e. The molecule has 1 rings (SSSR count). The van der Waals surface area contributed by atoms with Gasteiger partial charge in [0.2, 0.25) is 0 Å². The Bertz CT molecular complexity index is 322. The Labute approximate surface area is 99.0 Å². The SMILES string of the molecule is COc1ccccc1C(C)C(C)NC(C)C. The van der Waals surface area contributed by atoms with E-state index in [1.54, 1.807) is 7.11 Å². The Kier molecular flexibility index (Phi) is 4.81. The molecule has 0 fully saturated rings. The van der Waals surface area contributed by atoms with E-state index in [1.165, 1.54) is 5.56 Å². The maximum Gasteiger partial charge on any atom is 0.122 e. The van der Waals surface area contributed by atoms with Crippen LogP contribution in [0.4, 0.5) is 0 Å². The lowest BCUT2D eigenvalue weighted by Crippen LogP contribution is -2.36. The summed E-state index contributed by atoms with van der Waals surface area (Å²) in [4.78, 5) is 0. The predicted molar refractivity (Wildman–Crippen MR) is 69.1 cm³/mol. The van der Waals surface area contributed by atoms with Crippen molar-refractivity contribution in [3.8, 4) is 5.75 Å². The monoisotopic (exact) mass is 221 g/mol. The lowest BCUT2D eigenvalue weighted by molar-refractivity contribution is 0.390. The molecule has 0 aliphatic heterocycles. The molecule has 2 atom stereocenters. The van der Waals surface area contributed by atoms with Gasteiger partial charge in [0, 0.05) is 12.1 Å². The molecule has 0 saturated heterocycles. The van der Waals surface area contributed by atoms with Gasteiger partial charge in [0.15, 0.2) is 0 Å². The van der Waals surface area contributed by atoms with Gasteiger partial charge in [-0.2, -0.15) is 0 Å². The van der Waals surface area contributed by atoms with Crippen LogP contribution in [0.1, 0.15) is 39.2 Å². The fourth-order valence-electron chi connectivity index (χ4n) is 1.98. The summed E-state index contributed by atoms with van der Waals surface area (Å²) in [5.41, 5.74) is 1.27. The van der Waals surface area contributed by atoms with Crippen LogP contribution in [0.15, 0.2) is 24.3 Å². The minimum Gasteiger partial charge on any atom is -0.496 e. The molecular weight excluding hydrogens is 198 g/mol. The maximum absolute atomic E-state index is 5.39. The van der Waals surface area contributed by atoms with E-state index in [0.29, 0.717) is 18.0 Å². The topological polar surface area (TPSA) is 21.3 Å². The van der Waals surface area contributed by atoms with Gasteiger partial charge < -0.3 is 10.1 Å². The van der Waals surface area contributed by atoms with Gasteiger partial charge >= 0.3 is 0 Å². The van der Waals surface area contributed by atoms with Crippen LogP contribution in [0, 0.1) is 0 Å². The van der Waals surface area contributed by atoms with E-state index >= 15 is 0 Å². The Hall–Kier alpha value is -1.02. The van der Waals surface area contributed by atoms with Crippen molar-refractivity contribution in [2.45, 2.75) is 45.7 Å². The molecule has 2 heteroatoms. The first-order valence-electron chi connectivity index (χ1n) is 5.95. The number of benzene rings is 1. The van der Waals surface area contributed by atoms with Gasteiger partial charge in [0.05, 0.1) is 7.11 Å². The van der Waals surface area contributed by atoms with Crippen molar-refractivity contribution in [2.75, 3.05) is 7.11 Å². The van der Waals surface area contributed by atoms with Crippen molar-refractivity contribution in [2.24, 2.45) is 0 Å². The van der Waals surface area contributed by atoms with Crippen molar-refractivity contribution >= 4 is 0 Å². The van der Waals surface area contributed by atoms with Gasteiger partial charge in [-0.25, -0.2) is 0 Å². The average molecular weight is 221 g/mol. The molecule has 1 aromatic carbocycles. The van der Waals surface area contributed by atoms with E-state index in [-0.39, 0.29) is 0 Å². The Morgan fingerprint density at radius 3 is 2.25 bits per heavy atom. The average Bonchev–Trinajstić information content (AvgIpc) is 2.27. The maximum atomic E-state index is 5.39. The summed E-state index contributed by atoms with van der Waals surface area (Å²) < 4.78 is 5.39. The van der Waals surface area contributed by atoms with Crippen molar-refractivity contribution in [1.82, 2.24) is 5.32 Å². The first kappa shape index (κ1) is 13.0. The number of nitrogens with one attached hydrogen (secondary N) is 1. The van der Waals surface area contributed by atoms with E-state index in [0.717, 1.165) is 5.75 Å². The van der Waals surface area contributed by atoms with E-state index in [9.17, 15) is 0 Å². The second kappa shape index (κ2) is 5.90. The molecule has 1 N–H and O–H groups in total. The molecule has 2 unspecified atom stereocenters. The van der Waals surface area contributed by atoms with Gasteiger partial charge in [-0.1, -0.05) is 39.0 Å². The zero-order valence-electron chi connectivity index (χ0n) is 10.9. The summed E-state index contributed by atoms with van der Waals surface area (Å²) >= 11 is 0. The quantitative estimate of drug-likeness (QED) is 0.824. The number of para-hydroxylation sites is 1. The summed E-state index contributed by atoms with van der Waals surface area (Å²) in [6.07, 6.45) is 0. The second-order valence-corrected chi connectivity index (χ2v) is 4.64. The minimum absolute atomic E-state index is 0.441. The number of hydrogen-bond acceptors (Lipinski definition) is 2. The summed E-state index contributed by atoms with van der Waals surface area (Å²) in [7, 11) is 1.73. The van der Waals surface area contributed by atoms with Crippen LogP contribution in [0.3, 0.4) is 0 Å². The third-order valence-corrected chi connectivity index (χ3v) is 2.98. The minimum atomic E-state index is 0.441. The highest BCUT2D eigenvalue weighted by atomic mass is 16.5. The molecule has 0 heterocycles. The molecule has 0 spiro atoms. The molecule has 0 radical (unpaired) electrons. The van der Waals surface area contributed by atoms with E-state index in [4.69, 9.17) is 4.74 Å². The lowest BCUT2D eigenvalue weighted by Gasteiger charge is -2.25. The third-order valence-electron chi connectivity index (χ3n) is 2.98. The highest BCUT2D eigenvalue weighted by molar-refractivity contribution is 5.36. The first-order valence-corrected chi connectivity index (χ1v) is 5.95. The van der Waals surface area contributed by atoms with Crippen LogP contribution in [0.5, 0.6) is 5.75 Å². The standard InChI is InChI=1S/C14H23NO/c1-10(2)15-12(4)11(3)13-8-6-7-9-14(13)16-5/h6-12,15H,1-5H3. The fraction of sp³-hybridized carbons (Fsp3) is 0.571. The zero-order valence-corrected chi connectivity index (χ0v) is 10.9. The summed E-state index contributed by atoms with van der Waals surface area (Å²) in [5.74, 6) is 1.42. The van der Waals surface area contributed by atoms with Gasteiger partial charge in [-0.3, -0.25) is 0 Å². The smallest absolute Gasteiger partial charge is 0.122 e. The molecule has 0 aromatic heterocycles. The summed E-state index contributed by atoms with van der Waals surface area (Å²) in [6.45, 7) is 8.80. The van der Waals surface area contributed by atoms with Crippen molar-refractivity contribution < 1.29 is 4.74 Å². The van der Waals surface area contributed by atoms with Gasteiger partial charge in [-0.15, -0.1) is 0 Å². The predicted octanol–water partition coefficient (Wildman–Crippen LogP) is 3.19. The number of hydrogen-bond donors (Lipinski definition) is 1. The fourth-order valence-corrected chi connectivity index (χ4v) is 1.98. The second-order valence-electron chi connectivity index (χ2n) is 4.64. The summed E-state index contributed by atoms with van der Waals surface area (Å²) in [6, 6.07) is 9.19. The van der Waals surface area contributed by atoms with Gasteiger partial charge in [-0.05, 0) is 24.5 Å². The summed E-state index contributed by atoms with van der Waals surface area (Å²) in [5, 5.41) is 3.54. The van der Waals surface area contributed by atoms with E-state index < -0.39 is 0 Å². The molecule has 90 valence electrons. The Morgan fingerprint density at radius 2 is 1.69 bits per heavy atom. The van der Waals surface area contributed by atoms with Gasteiger partial charge in [0.25, 0.3) is 0 Å². The normalized spacial score (nSPS) is 14.9. The highest BCUT2D eigenvalue weighted by Crippen LogP contribution is 2.28. The van der Waals surface area contributed by atoms with E-state index in [2.05, 4.69) is 45.1 Å². The molecule has 0 aliphatic carbocycles. The molecule has 0 aliphatic rings. The zero-order chi connectivity index (χ0) is 12.1. The van der Waals surface area contributed by atoms with Crippen LogP contribution >= 0.6 is 0 Å². The number of rotatable bonds is 5. The van der Waals surface area contributed by atoms with E-state index in [1.807, 2.05) is 12.1 Å². The van der Waals surface area contributed by atoms with Crippen molar-refractivity contribution in [3.05, 3.63) is 29.8 Å². The van der Waals surface area contributed by atoms with Crippen LogP contribution in [0.2, 0.25) is 0 Å². The molecule has 0 saturated carbocycles. The Morgan fingerprint density at radius 1 is 1.06 bits per heavy atom. The van der Waals surface area contributed by atoms with Crippen LogP contribution in [-0.2, 0) is 0 Å². The molecule has 0 amide bonds. The highest BCUT2D eigenvalue weighted by Gasteiger charge is 2.17. The first-order chi connectivity index (χ1) is 7.56.